The van der Waals surface area contributed by atoms with Crippen LogP contribution in [-0.2, 0) is 0 Å². The minimum absolute atomic E-state index is 0.0777. The van der Waals surface area contributed by atoms with Crippen molar-refractivity contribution in [3.63, 3.8) is 0 Å². The number of rotatable bonds is 7. The summed E-state index contributed by atoms with van der Waals surface area (Å²) in [6.45, 7) is 1.78. The number of H-pyrrole nitrogens is 2. The van der Waals surface area contributed by atoms with Crippen molar-refractivity contribution in [3.8, 4) is 17.1 Å². The van der Waals surface area contributed by atoms with Gasteiger partial charge in [-0.05, 0) is 57.8 Å². The van der Waals surface area contributed by atoms with Crippen molar-refractivity contribution in [2.24, 2.45) is 4.99 Å². The summed E-state index contributed by atoms with van der Waals surface area (Å²) < 4.78 is 1.66. The molecule has 1 aliphatic heterocycles. The molecule has 6 rings (SSSR count). The molecule has 192 valence electrons. The Balaban J connectivity index is 1.31. The monoisotopic (exact) mass is 520 g/mol. The van der Waals surface area contributed by atoms with Crippen LogP contribution in [0.25, 0.3) is 23.0 Å². The summed E-state index contributed by atoms with van der Waals surface area (Å²) in [6.07, 6.45) is 8.67. The molecule has 12 heteroatoms. The van der Waals surface area contributed by atoms with Gasteiger partial charge in [0.15, 0.2) is 11.1 Å². The van der Waals surface area contributed by atoms with Crippen LogP contribution in [-0.4, -0.2) is 72.7 Å². The van der Waals surface area contributed by atoms with E-state index in [0.717, 1.165) is 31.4 Å². The molecule has 1 saturated heterocycles. The van der Waals surface area contributed by atoms with Gasteiger partial charge < -0.3 is 20.3 Å². The molecule has 4 aromatic rings. The first-order valence-electron chi connectivity index (χ1n) is 12.5. The highest BCUT2D eigenvalue weighted by atomic mass is 32.1. The number of amides is 1. The molecule has 1 unspecified atom stereocenters. The lowest BCUT2D eigenvalue weighted by molar-refractivity contribution is 0.0954. The first-order valence-corrected chi connectivity index (χ1v) is 13.4. The number of fused-ring (bicyclic) bond motifs is 1. The van der Waals surface area contributed by atoms with E-state index >= 15 is 0 Å². The van der Waals surface area contributed by atoms with E-state index in [0.29, 0.717) is 39.5 Å². The lowest BCUT2D eigenvalue weighted by Crippen LogP contribution is -2.31. The molecule has 2 aliphatic rings. The Morgan fingerprint density at radius 2 is 2.19 bits per heavy atom. The molecule has 0 bridgehead atoms. The molecule has 1 atom stereocenters. The van der Waals surface area contributed by atoms with Crippen LogP contribution in [0.1, 0.15) is 47.5 Å². The van der Waals surface area contributed by atoms with Crippen molar-refractivity contribution in [1.29, 1.82) is 0 Å². The smallest absolute Gasteiger partial charge is 0.326 e. The molecule has 0 aromatic carbocycles. The van der Waals surface area contributed by atoms with Gasteiger partial charge in [0.1, 0.15) is 5.69 Å². The molecule has 4 N–H and O–H groups in total. The lowest BCUT2D eigenvalue weighted by atomic mass is 10.1. The van der Waals surface area contributed by atoms with Gasteiger partial charge in [-0.25, -0.2) is 9.78 Å². The molecule has 37 heavy (non-hydrogen) atoms. The first-order chi connectivity index (χ1) is 17.9. The van der Waals surface area contributed by atoms with E-state index in [4.69, 9.17) is 9.98 Å². The van der Waals surface area contributed by atoms with E-state index in [1.807, 2.05) is 17.5 Å². The SMILES string of the molecule is CN1CCCC1CCNC(=O)c1cc(-c2cc(=NC3CC3)n3nc/c(=C\c4[nH]c(=O)[nH]c4O)c3n2)cs1. The third-order valence-corrected chi connectivity index (χ3v) is 7.86. The highest BCUT2D eigenvalue weighted by Crippen LogP contribution is 2.25. The van der Waals surface area contributed by atoms with Crippen LogP contribution in [0.4, 0.5) is 0 Å². The van der Waals surface area contributed by atoms with E-state index in [9.17, 15) is 14.7 Å². The standard InChI is InChI=1S/C25H28N8O3S/c1-32-8-2-3-17(32)6-7-26-24(35)20-10-15(13-37-20)18-11-21(28-16-4-5-16)33-22(29-18)14(12-27-33)9-19-23(34)31-25(36)30-19/h9-13,16-17,34H,2-8H2,1H3,(H,26,35)(H2,30,31,36)/b14-9+,28-21?. The number of thiophene rings is 1. The van der Waals surface area contributed by atoms with Gasteiger partial charge in [0.25, 0.3) is 5.91 Å². The van der Waals surface area contributed by atoms with Crippen LogP contribution in [0.3, 0.4) is 0 Å². The highest BCUT2D eigenvalue weighted by Gasteiger charge is 2.22. The van der Waals surface area contributed by atoms with Crippen LogP contribution >= 0.6 is 11.3 Å². The van der Waals surface area contributed by atoms with Gasteiger partial charge in [-0.1, -0.05) is 0 Å². The predicted octanol–water partition coefficient (Wildman–Crippen LogP) is 1.00. The van der Waals surface area contributed by atoms with Crippen molar-refractivity contribution in [2.75, 3.05) is 20.1 Å². The van der Waals surface area contributed by atoms with Crippen molar-refractivity contribution < 1.29 is 9.90 Å². The minimum atomic E-state index is -0.502. The zero-order chi connectivity index (χ0) is 25.5. The predicted molar refractivity (Wildman–Crippen MR) is 139 cm³/mol. The number of carbonyl (C=O) groups is 1. The summed E-state index contributed by atoms with van der Waals surface area (Å²) in [6, 6.07) is 4.55. The Morgan fingerprint density at radius 3 is 2.92 bits per heavy atom. The Bertz CT molecular complexity index is 1640. The van der Waals surface area contributed by atoms with Gasteiger partial charge in [-0.3, -0.25) is 14.8 Å². The third-order valence-electron chi connectivity index (χ3n) is 6.93. The minimum Gasteiger partial charge on any atom is -0.493 e. The van der Waals surface area contributed by atoms with E-state index < -0.39 is 5.69 Å². The molecule has 5 heterocycles. The maximum Gasteiger partial charge on any atom is 0.326 e. The van der Waals surface area contributed by atoms with Crippen LogP contribution < -0.4 is 21.7 Å². The quantitative estimate of drug-likeness (QED) is 0.286. The van der Waals surface area contributed by atoms with Crippen LogP contribution in [0.2, 0.25) is 0 Å². The van der Waals surface area contributed by atoms with Crippen molar-refractivity contribution in [3.05, 3.63) is 55.5 Å². The molecular weight excluding hydrogens is 492 g/mol. The van der Waals surface area contributed by atoms with Crippen molar-refractivity contribution in [1.82, 2.24) is 34.8 Å². The Morgan fingerprint density at radius 1 is 1.32 bits per heavy atom. The van der Waals surface area contributed by atoms with Crippen molar-refractivity contribution >= 4 is 29.0 Å². The van der Waals surface area contributed by atoms with Gasteiger partial charge in [0.2, 0.25) is 5.88 Å². The van der Waals surface area contributed by atoms with Gasteiger partial charge in [-0.2, -0.15) is 9.61 Å². The average Bonchev–Trinajstić information content (AvgIpc) is 3.22. The summed E-state index contributed by atoms with van der Waals surface area (Å²) in [5, 5.41) is 20.0. The number of aromatic hydroxyl groups is 1. The number of likely N-dealkylation sites (tertiary alicyclic amines) is 1. The second-order valence-electron chi connectivity index (χ2n) is 9.70. The molecule has 1 aliphatic carbocycles. The number of hydrogen-bond acceptors (Lipinski definition) is 8. The third kappa shape index (κ3) is 4.94. The summed E-state index contributed by atoms with van der Waals surface area (Å²) >= 11 is 1.39. The maximum atomic E-state index is 12.8. The first kappa shape index (κ1) is 23.6. The number of carbonyl (C=O) groups excluding carboxylic acids is 1. The normalized spacial score (nSPS) is 19.3. The second-order valence-corrected chi connectivity index (χ2v) is 10.6. The number of imidazole rings is 1. The molecule has 2 fully saturated rings. The summed E-state index contributed by atoms with van der Waals surface area (Å²) in [4.78, 5) is 41.8. The van der Waals surface area contributed by atoms with Crippen LogP contribution in [0, 0.1) is 0 Å². The van der Waals surface area contributed by atoms with Gasteiger partial charge >= 0.3 is 5.69 Å². The molecule has 1 saturated carbocycles. The molecule has 11 nitrogen and oxygen atoms in total. The number of nitrogens with one attached hydrogen (secondary N) is 3. The fraction of sp³-hybridized carbons (Fsp3) is 0.400. The molecule has 4 aromatic heterocycles. The van der Waals surface area contributed by atoms with Gasteiger partial charge in [-0.15, -0.1) is 11.3 Å². The van der Waals surface area contributed by atoms with Crippen LogP contribution in [0.5, 0.6) is 5.88 Å². The number of aromatic amines is 2. The zero-order valence-corrected chi connectivity index (χ0v) is 21.2. The second kappa shape index (κ2) is 9.60. The fourth-order valence-electron chi connectivity index (χ4n) is 4.72. The Labute approximate surface area is 215 Å². The molecule has 0 spiro atoms. The Hall–Kier alpha value is -3.77. The highest BCUT2D eigenvalue weighted by molar-refractivity contribution is 7.12. The van der Waals surface area contributed by atoms with Crippen LogP contribution in [0.15, 0.2) is 33.5 Å². The molecule has 0 radical (unpaired) electrons. The van der Waals surface area contributed by atoms with E-state index in [-0.39, 0.29) is 23.5 Å². The molecule has 1 amide bonds. The Kier molecular flexibility index (Phi) is 6.13. The average molecular weight is 521 g/mol. The van der Waals surface area contributed by atoms with E-state index in [2.05, 4.69) is 32.3 Å². The van der Waals surface area contributed by atoms with Gasteiger partial charge in [0, 0.05) is 34.8 Å². The topological polar surface area (TPSA) is 144 Å². The fourth-order valence-corrected chi connectivity index (χ4v) is 5.53. The largest absolute Gasteiger partial charge is 0.493 e. The number of hydrogen-bond donors (Lipinski definition) is 4. The summed E-state index contributed by atoms with van der Waals surface area (Å²) in [7, 11) is 2.14. The zero-order valence-electron chi connectivity index (χ0n) is 20.4. The number of aromatic nitrogens is 5. The molecular formula is C25H28N8O3S. The van der Waals surface area contributed by atoms with E-state index in [1.54, 1.807) is 16.8 Å². The maximum absolute atomic E-state index is 12.8. The van der Waals surface area contributed by atoms with E-state index in [1.165, 1.54) is 24.2 Å². The van der Waals surface area contributed by atoms with Crippen molar-refractivity contribution in [2.45, 2.75) is 44.2 Å². The lowest BCUT2D eigenvalue weighted by Gasteiger charge is -2.19. The summed E-state index contributed by atoms with van der Waals surface area (Å²) in [5.74, 6) is -0.331. The number of nitrogens with zero attached hydrogens (tertiary/aromatic N) is 5. The summed E-state index contributed by atoms with van der Waals surface area (Å²) in [5.41, 5.74) is 2.45. The van der Waals surface area contributed by atoms with Gasteiger partial charge in [0.05, 0.1) is 22.8 Å².